The summed E-state index contributed by atoms with van der Waals surface area (Å²) in [5, 5.41) is 13.1. The number of nitrogens with one attached hydrogen (secondary N) is 1. The predicted octanol–water partition coefficient (Wildman–Crippen LogP) is 8.25. The number of rotatable bonds is 10. The van der Waals surface area contributed by atoms with Gasteiger partial charge in [0.15, 0.2) is 11.6 Å². The van der Waals surface area contributed by atoms with Crippen LogP contribution in [0.4, 0.5) is 14.6 Å². The number of amides is 1. The van der Waals surface area contributed by atoms with E-state index in [9.17, 15) is 13.6 Å². The van der Waals surface area contributed by atoms with Crippen LogP contribution in [0.15, 0.2) is 59.1 Å². The van der Waals surface area contributed by atoms with Crippen LogP contribution < -0.4 is 10.1 Å². The van der Waals surface area contributed by atoms with Crippen LogP contribution in [0.2, 0.25) is 0 Å². The third-order valence-electron chi connectivity index (χ3n) is 9.47. The fourth-order valence-electron chi connectivity index (χ4n) is 7.13. The van der Waals surface area contributed by atoms with Crippen LogP contribution in [0.1, 0.15) is 70.1 Å². The van der Waals surface area contributed by atoms with Crippen LogP contribution in [-0.2, 0) is 25.8 Å². The highest BCUT2D eigenvalue weighted by atomic mass is 32.1. The van der Waals surface area contributed by atoms with Crippen molar-refractivity contribution in [2.45, 2.75) is 58.5 Å². The van der Waals surface area contributed by atoms with E-state index < -0.39 is 5.82 Å². The number of benzene rings is 2. The van der Waals surface area contributed by atoms with Gasteiger partial charge in [-0.2, -0.15) is 0 Å². The van der Waals surface area contributed by atoms with Crippen molar-refractivity contribution in [2.24, 2.45) is 0 Å². The lowest BCUT2D eigenvalue weighted by atomic mass is 9.94. The van der Waals surface area contributed by atoms with E-state index in [-0.39, 0.29) is 29.4 Å². The Morgan fingerprint density at radius 2 is 1.90 bits per heavy atom. The Kier molecular flexibility index (Phi) is 8.26. The van der Waals surface area contributed by atoms with Crippen molar-refractivity contribution >= 4 is 33.1 Å². The number of carbonyl (C=O) groups excluding carboxylic acids is 1. The average molecular weight is 693 g/mol. The van der Waals surface area contributed by atoms with Crippen molar-refractivity contribution in [2.75, 3.05) is 19.0 Å². The predicted molar refractivity (Wildman–Crippen MR) is 187 cm³/mol. The Morgan fingerprint density at radius 3 is 2.66 bits per heavy atom. The number of methoxy groups -OCH3 is 1. The Labute approximate surface area is 291 Å². The molecule has 0 radical (unpaired) electrons. The molecule has 12 heteroatoms. The minimum Gasteiger partial charge on any atom is -0.494 e. The Balaban J connectivity index is 1.26. The number of pyridine rings is 2. The monoisotopic (exact) mass is 692 g/mol. The molecule has 1 aliphatic heterocycles. The quantitative estimate of drug-likeness (QED) is 0.153. The first-order valence-electron chi connectivity index (χ1n) is 16.7. The molecule has 0 saturated heterocycles. The molecule has 4 aromatic heterocycles. The van der Waals surface area contributed by atoms with Gasteiger partial charge in [-0.05, 0) is 90.6 Å². The van der Waals surface area contributed by atoms with Crippen molar-refractivity contribution in [3.8, 4) is 27.6 Å². The fraction of sp³-hybridized carbons (Fsp3) is 0.289. The van der Waals surface area contributed by atoms with Crippen molar-refractivity contribution in [1.29, 1.82) is 0 Å². The lowest BCUT2D eigenvalue weighted by Crippen LogP contribution is -2.24. The average Bonchev–Trinajstić information content (AvgIpc) is 3.90. The number of aryl methyl sites for hydroxylation is 4. The van der Waals surface area contributed by atoms with Gasteiger partial charge >= 0.3 is 0 Å². The number of carbonyl (C=O) groups is 1. The molecule has 1 atom stereocenters. The van der Waals surface area contributed by atoms with E-state index in [0.29, 0.717) is 60.0 Å². The molecule has 0 spiro atoms. The van der Waals surface area contributed by atoms with E-state index in [1.54, 1.807) is 37.4 Å². The SMILES string of the molecule is CCCN1Cc2nc(CCc3ccc(F)cc3)c(-c3nnc(C)o3)c(-c3cc4ccnc(NC5CCc6cc(OC)c(F)cc65)c4s3)c2C1=O. The second kappa shape index (κ2) is 12.9. The van der Waals surface area contributed by atoms with Crippen LogP contribution in [0.5, 0.6) is 5.75 Å². The van der Waals surface area contributed by atoms with Crippen LogP contribution in [0.3, 0.4) is 0 Å². The van der Waals surface area contributed by atoms with Crippen LogP contribution in [0.25, 0.3) is 32.0 Å². The molecule has 6 aromatic rings. The largest absolute Gasteiger partial charge is 0.494 e. The minimum atomic E-state index is -0.392. The first-order valence-corrected chi connectivity index (χ1v) is 17.5. The van der Waals surface area contributed by atoms with E-state index in [4.69, 9.17) is 19.1 Å². The van der Waals surface area contributed by atoms with E-state index >= 15 is 0 Å². The maximum absolute atomic E-state index is 14.8. The summed E-state index contributed by atoms with van der Waals surface area (Å²) < 4.78 is 40.6. The van der Waals surface area contributed by atoms with E-state index in [1.165, 1.54) is 30.6 Å². The molecule has 9 nitrogen and oxygen atoms in total. The third kappa shape index (κ3) is 5.67. The number of hydrogen-bond donors (Lipinski definition) is 1. The zero-order valence-corrected chi connectivity index (χ0v) is 28.7. The standard InChI is InChI=1S/C38H34F2N6O3S/c1-4-15-46-19-29-33(38(46)47)34(32(37-45-44-20(2)49-37)28(42-29)11-7-21-5-9-24(39)10-6-21)31-17-23-13-14-41-36(35(23)50-31)43-27-12-8-22-16-30(48-3)26(40)18-25(22)27/h5-6,9-10,13-14,16-18,27H,4,7-8,11-12,15,19H2,1-3H3,(H,41,43). The Bertz CT molecular complexity index is 2270. The van der Waals surface area contributed by atoms with Gasteiger partial charge < -0.3 is 19.4 Å². The lowest BCUT2D eigenvalue weighted by Gasteiger charge is -2.16. The highest BCUT2D eigenvalue weighted by Gasteiger charge is 2.36. The molecule has 0 fully saturated rings. The molecule has 1 aliphatic carbocycles. The number of thiophene rings is 1. The summed E-state index contributed by atoms with van der Waals surface area (Å²) in [7, 11) is 1.47. The molecule has 2 aromatic carbocycles. The summed E-state index contributed by atoms with van der Waals surface area (Å²) in [5.74, 6) is 0.849. The van der Waals surface area contributed by atoms with E-state index in [0.717, 1.165) is 56.6 Å². The van der Waals surface area contributed by atoms with Crippen molar-refractivity contribution in [1.82, 2.24) is 25.1 Å². The molecule has 1 N–H and O–H groups in total. The number of anilines is 1. The summed E-state index contributed by atoms with van der Waals surface area (Å²) in [4.78, 5) is 26.6. The molecule has 254 valence electrons. The normalized spacial score (nSPS) is 15.2. The van der Waals surface area contributed by atoms with Gasteiger partial charge in [0.05, 0.1) is 46.9 Å². The minimum absolute atomic E-state index is 0.0825. The summed E-state index contributed by atoms with van der Waals surface area (Å²) in [6, 6.07) is 13.7. The first kappa shape index (κ1) is 32.0. The topological polar surface area (TPSA) is 106 Å². The maximum Gasteiger partial charge on any atom is 0.256 e. The first-order chi connectivity index (χ1) is 24.3. The second-order valence-corrected chi connectivity index (χ2v) is 13.8. The van der Waals surface area contributed by atoms with E-state index in [1.807, 2.05) is 17.9 Å². The van der Waals surface area contributed by atoms with Crippen molar-refractivity contribution in [3.63, 3.8) is 0 Å². The lowest BCUT2D eigenvalue weighted by molar-refractivity contribution is 0.0778. The number of hydrogen-bond acceptors (Lipinski definition) is 9. The highest BCUT2D eigenvalue weighted by molar-refractivity contribution is 7.23. The third-order valence-corrected chi connectivity index (χ3v) is 10.6. The number of nitrogens with zero attached hydrogens (tertiary/aromatic N) is 5. The van der Waals surface area contributed by atoms with Crippen molar-refractivity contribution < 1.29 is 22.7 Å². The number of ether oxygens (including phenoxy) is 1. The molecule has 50 heavy (non-hydrogen) atoms. The summed E-state index contributed by atoms with van der Waals surface area (Å²) in [6.45, 7) is 4.79. The molecule has 0 saturated carbocycles. The molecule has 0 bridgehead atoms. The van der Waals surface area contributed by atoms with Crippen LogP contribution in [-0.4, -0.2) is 44.6 Å². The summed E-state index contributed by atoms with van der Waals surface area (Å²) in [6.07, 6.45) is 5.25. The van der Waals surface area contributed by atoms with Gasteiger partial charge in [-0.3, -0.25) is 9.78 Å². The van der Waals surface area contributed by atoms with Gasteiger partial charge in [0, 0.05) is 30.1 Å². The van der Waals surface area contributed by atoms with Gasteiger partial charge in [-0.25, -0.2) is 13.8 Å². The second-order valence-electron chi connectivity index (χ2n) is 12.7. The number of halogens is 2. The molecule has 8 rings (SSSR count). The summed E-state index contributed by atoms with van der Waals surface area (Å²) in [5.41, 5.74) is 6.22. The highest BCUT2D eigenvalue weighted by Crippen LogP contribution is 2.47. The molecule has 5 heterocycles. The van der Waals surface area contributed by atoms with Gasteiger partial charge in [0.25, 0.3) is 5.91 Å². The van der Waals surface area contributed by atoms with E-state index in [2.05, 4.69) is 21.6 Å². The van der Waals surface area contributed by atoms with Gasteiger partial charge in [0.1, 0.15) is 11.6 Å². The molecule has 1 unspecified atom stereocenters. The fourth-order valence-corrected chi connectivity index (χ4v) is 8.30. The maximum atomic E-state index is 14.8. The van der Waals surface area contributed by atoms with Crippen LogP contribution >= 0.6 is 11.3 Å². The van der Waals surface area contributed by atoms with Gasteiger partial charge in [-0.1, -0.05) is 19.1 Å². The Hall–Kier alpha value is -5.23. The zero-order chi connectivity index (χ0) is 34.5. The summed E-state index contributed by atoms with van der Waals surface area (Å²) >= 11 is 1.52. The molecule has 2 aliphatic rings. The number of fused-ring (bicyclic) bond motifs is 3. The zero-order valence-electron chi connectivity index (χ0n) is 27.8. The molecular formula is C38H34F2N6O3S. The van der Waals surface area contributed by atoms with Gasteiger partial charge in [0.2, 0.25) is 11.8 Å². The smallest absolute Gasteiger partial charge is 0.256 e. The molecular weight excluding hydrogens is 659 g/mol. The van der Waals surface area contributed by atoms with Crippen LogP contribution in [0, 0.1) is 18.6 Å². The number of aromatic nitrogens is 4. The van der Waals surface area contributed by atoms with Gasteiger partial charge in [-0.15, -0.1) is 21.5 Å². The molecule has 1 amide bonds. The Morgan fingerprint density at radius 1 is 1.06 bits per heavy atom. The van der Waals surface area contributed by atoms with Crippen molar-refractivity contribution in [3.05, 3.63) is 106 Å².